The molecule has 1 unspecified atom stereocenters. The number of nitrogens with zero attached hydrogens (tertiary/aromatic N) is 1. The van der Waals surface area contributed by atoms with E-state index in [1.54, 1.807) is 7.11 Å². The lowest BCUT2D eigenvalue weighted by Crippen LogP contribution is -2.40. The van der Waals surface area contributed by atoms with Gasteiger partial charge >= 0.3 is 0 Å². The zero-order valence-corrected chi connectivity index (χ0v) is 17.4. The predicted molar refractivity (Wildman–Crippen MR) is 109 cm³/mol. The van der Waals surface area contributed by atoms with Gasteiger partial charge in [-0.2, -0.15) is 0 Å². The Balaban J connectivity index is 0.00000529. The van der Waals surface area contributed by atoms with Gasteiger partial charge in [0.2, 0.25) is 5.91 Å². The number of amides is 1. The van der Waals surface area contributed by atoms with E-state index in [4.69, 9.17) is 16.3 Å². The number of nitrogens with one attached hydrogen (secondary N) is 3. The summed E-state index contributed by atoms with van der Waals surface area (Å²) in [4.78, 5) is 16.0. The SMILES string of the molecule is CCNC(=NCC(=O)NCCOC)NC(C)c1ccccc1Cl.I. The molecule has 0 spiro atoms. The van der Waals surface area contributed by atoms with Gasteiger partial charge in [0.05, 0.1) is 12.6 Å². The molecule has 0 aliphatic rings. The Kier molecular flexibility index (Phi) is 12.7. The van der Waals surface area contributed by atoms with Gasteiger partial charge in [-0.3, -0.25) is 4.79 Å². The van der Waals surface area contributed by atoms with Crippen LogP contribution in [0.15, 0.2) is 29.3 Å². The number of guanidine groups is 1. The molecule has 1 aromatic carbocycles. The Morgan fingerprint density at radius 2 is 2.04 bits per heavy atom. The molecule has 0 aromatic heterocycles. The Morgan fingerprint density at radius 3 is 2.67 bits per heavy atom. The summed E-state index contributed by atoms with van der Waals surface area (Å²) < 4.78 is 4.88. The standard InChI is InChI=1S/C16H25ClN4O2.HI/c1-4-18-16(20-11-15(22)19-9-10-23-3)21-12(2)13-7-5-6-8-14(13)17;/h5-8,12H,4,9-11H2,1-3H3,(H,19,22)(H2,18,20,21);1H. The second kappa shape index (κ2) is 13.3. The van der Waals surface area contributed by atoms with Crippen LogP contribution in [0.5, 0.6) is 0 Å². The number of carbonyl (C=O) groups excluding carboxylic acids is 1. The summed E-state index contributed by atoms with van der Waals surface area (Å²) in [5.74, 6) is 0.423. The molecule has 0 heterocycles. The second-order valence-electron chi connectivity index (χ2n) is 4.93. The fourth-order valence-electron chi connectivity index (χ4n) is 1.93. The van der Waals surface area contributed by atoms with E-state index in [2.05, 4.69) is 20.9 Å². The molecule has 0 aliphatic carbocycles. The molecule has 24 heavy (non-hydrogen) atoms. The highest BCUT2D eigenvalue weighted by molar-refractivity contribution is 14.0. The van der Waals surface area contributed by atoms with E-state index in [9.17, 15) is 4.79 Å². The second-order valence-corrected chi connectivity index (χ2v) is 5.33. The quantitative estimate of drug-likeness (QED) is 0.237. The van der Waals surface area contributed by atoms with Crippen molar-refractivity contribution in [3.8, 4) is 0 Å². The maximum atomic E-state index is 11.7. The molecular weight excluding hydrogens is 443 g/mol. The number of benzene rings is 1. The lowest BCUT2D eigenvalue weighted by Gasteiger charge is -2.19. The van der Waals surface area contributed by atoms with Crippen molar-refractivity contribution < 1.29 is 9.53 Å². The Labute approximate surface area is 165 Å². The van der Waals surface area contributed by atoms with Crippen molar-refractivity contribution in [1.29, 1.82) is 0 Å². The first kappa shape index (κ1) is 22.9. The minimum Gasteiger partial charge on any atom is -0.383 e. The van der Waals surface area contributed by atoms with Gasteiger partial charge in [-0.1, -0.05) is 29.8 Å². The maximum Gasteiger partial charge on any atom is 0.241 e. The first-order chi connectivity index (χ1) is 11.1. The molecule has 0 saturated carbocycles. The molecule has 1 aromatic rings. The highest BCUT2D eigenvalue weighted by Gasteiger charge is 2.11. The highest BCUT2D eigenvalue weighted by atomic mass is 127. The topological polar surface area (TPSA) is 74.8 Å². The van der Waals surface area contributed by atoms with Crippen molar-refractivity contribution in [2.75, 3.05) is 33.4 Å². The monoisotopic (exact) mass is 468 g/mol. The summed E-state index contributed by atoms with van der Waals surface area (Å²) in [7, 11) is 1.59. The predicted octanol–water partition coefficient (Wildman–Crippen LogP) is 2.34. The smallest absolute Gasteiger partial charge is 0.241 e. The number of halogens is 2. The van der Waals surface area contributed by atoms with E-state index in [0.717, 1.165) is 5.56 Å². The van der Waals surface area contributed by atoms with E-state index >= 15 is 0 Å². The van der Waals surface area contributed by atoms with Gasteiger partial charge in [0.15, 0.2) is 5.96 Å². The van der Waals surface area contributed by atoms with Crippen molar-refractivity contribution in [1.82, 2.24) is 16.0 Å². The van der Waals surface area contributed by atoms with Crippen LogP contribution < -0.4 is 16.0 Å². The molecule has 6 nitrogen and oxygen atoms in total. The van der Waals surface area contributed by atoms with E-state index in [1.807, 2.05) is 38.1 Å². The van der Waals surface area contributed by atoms with E-state index in [0.29, 0.717) is 30.7 Å². The van der Waals surface area contributed by atoms with Crippen LogP contribution in [0.1, 0.15) is 25.5 Å². The number of methoxy groups -OCH3 is 1. The molecule has 136 valence electrons. The minimum atomic E-state index is -0.148. The van der Waals surface area contributed by atoms with Crippen LogP contribution in [0.25, 0.3) is 0 Å². The molecule has 8 heteroatoms. The number of rotatable bonds is 8. The summed E-state index contributed by atoms with van der Waals surface area (Å²) in [5, 5.41) is 9.79. The number of hydrogen-bond acceptors (Lipinski definition) is 3. The zero-order chi connectivity index (χ0) is 17.1. The van der Waals surface area contributed by atoms with Gasteiger partial charge in [-0.15, -0.1) is 24.0 Å². The molecule has 0 aliphatic heterocycles. The molecule has 0 fully saturated rings. The Morgan fingerprint density at radius 1 is 1.33 bits per heavy atom. The first-order valence-corrected chi connectivity index (χ1v) is 8.01. The molecule has 0 saturated heterocycles. The van der Waals surface area contributed by atoms with Crippen LogP contribution in [0.4, 0.5) is 0 Å². The van der Waals surface area contributed by atoms with E-state index < -0.39 is 0 Å². The Bertz CT molecular complexity index is 529. The van der Waals surface area contributed by atoms with Crippen molar-refractivity contribution in [2.45, 2.75) is 19.9 Å². The van der Waals surface area contributed by atoms with Gasteiger partial charge in [-0.05, 0) is 25.5 Å². The van der Waals surface area contributed by atoms with Crippen LogP contribution in [-0.4, -0.2) is 45.2 Å². The van der Waals surface area contributed by atoms with Crippen LogP contribution in [-0.2, 0) is 9.53 Å². The van der Waals surface area contributed by atoms with Crippen molar-refractivity contribution >= 4 is 47.4 Å². The summed E-state index contributed by atoms with van der Waals surface area (Å²) in [6.45, 7) is 5.67. The van der Waals surface area contributed by atoms with Gasteiger partial charge in [0.25, 0.3) is 0 Å². The third-order valence-electron chi connectivity index (χ3n) is 3.08. The molecule has 0 bridgehead atoms. The minimum absolute atomic E-state index is 0. The van der Waals surface area contributed by atoms with Gasteiger partial charge in [-0.25, -0.2) is 4.99 Å². The lowest BCUT2D eigenvalue weighted by atomic mass is 10.1. The number of aliphatic imine (C=N–C) groups is 1. The normalized spacial score (nSPS) is 12.1. The van der Waals surface area contributed by atoms with Gasteiger partial charge in [0.1, 0.15) is 6.54 Å². The maximum absolute atomic E-state index is 11.7. The highest BCUT2D eigenvalue weighted by Crippen LogP contribution is 2.21. The summed E-state index contributed by atoms with van der Waals surface area (Å²) in [5.41, 5.74) is 0.976. The number of ether oxygens (including phenoxy) is 1. The largest absolute Gasteiger partial charge is 0.383 e. The average Bonchev–Trinajstić information content (AvgIpc) is 2.53. The van der Waals surface area contributed by atoms with Crippen LogP contribution >= 0.6 is 35.6 Å². The fourth-order valence-corrected chi connectivity index (χ4v) is 2.23. The van der Waals surface area contributed by atoms with Gasteiger partial charge in [0, 0.05) is 25.2 Å². The van der Waals surface area contributed by atoms with Crippen molar-refractivity contribution in [2.24, 2.45) is 4.99 Å². The van der Waals surface area contributed by atoms with Crippen molar-refractivity contribution in [3.05, 3.63) is 34.9 Å². The van der Waals surface area contributed by atoms with Crippen LogP contribution in [0.3, 0.4) is 0 Å². The van der Waals surface area contributed by atoms with E-state index in [1.165, 1.54) is 0 Å². The van der Waals surface area contributed by atoms with Crippen LogP contribution in [0, 0.1) is 0 Å². The molecule has 1 amide bonds. The Hall–Kier alpha value is -1.06. The molecule has 1 atom stereocenters. The summed E-state index contributed by atoms with van der Waals surface area (Å²) >= 11 is 6.20. The number of carbonyl (C=O) groups is 1. The molecule has 1 rings (SSSR count). The third kappa shape index (κ3) is 8.70. The fraction of sp³-hybridized carbons (Fsp3) is 0.500. The summed E-state index contributed by atoms with van der Waals surface area (Å²) in [6.07, 6.45) is 0. The van der Waals surface area contributed by atoms with E-state index in [-0.39, 0.29) is 42.5 Å². The third-order valence-corrected chi connectivity index (χ3v) is 3.42. The molecular formula is C16H26ClIN4O2. The van der Waals surface area contributed by atoms with Gasteiger partial charge < -0.3 is 20.7 Å². The summed E-state index contributed by atoms with van der Waals surface area (Å²) in [6, 6.07) is 7.61. The number of hydrogen-bond donors (Lipinski definition) is 3. The zero-order valence-electron chi connectivity index (χ0n) is 14.3. The lowest BCUT2D eigenvalue weighted by molar-refractivity contribution is -0.119. The molecule has 0 radical (unpaired) electrons. The van der Waals surface area contributed by atoms with Crippen LogP contribution in [0.2, 0.25) is 5.02 Å². The molecule has 3 N–H and O–H groups in total. The average molecular weight is 469 g/mol. The first-order valence-electron chi connectivity index (χ1n) is 7.63. The van der Waals surface area contributed by atoms with Crippen molar-refractivity contribution in [3.63, 3.8) is 0 Å².